The van der Waals surface area contributed by atoms with E-state index in [0.717, 1.165) is 70.6 Å². The van der Waals surface area contributed by atoms with Crippen LogP contribution < -0.4 is 0 Å². The zero-order valence-corrected chi connectivity index (χ0v) is 55.0. The number of ether oxygens (including phenoxy) is 3. The van der Waals surface area contributed by atoms with Crippen molar-refractivity contribution in [2.24, 2.45) is 0 Å². The molecule has 486 valence electrons. The summed E-state index contributed by atoms with van der Waals surface area (Å²) in [4.78, 5) is 48.8. The Hall–Kier alpha value is -3.34. The van der Waals surface area contributed by atoms with Crippen molar-refractivity contribution in [2.75, 3.05) is 26.4 Å². The van der Waals surface area contributed by atoms with Crippen LogP contribution in [0.3, 0.4) is 0 Å². The summed E-state index contributed by atoms with van der Waals surface area (Å²) < 4.78 is 39.7. The highest BCUT2D eigenvalue weighted by Gasteiger charge is 2.28. The van der Waals surface area contributed by atoms with Gasteiger partial charge in [0, 0.05) is 19.3 Å². The second kappa shape index (κ2) is 65.6. The molecule has 0 rings (SSSR count). The quantitative estimate of drug-likeness (QED) is 0.0197. The summed E-state index contributed by atoms with van der Waals surface area (Å²) in [5.41, 5.74) is 0. The summed E-state index contributed by atoms with van der Waals surface area (Å²) in [5.74, 6) is -1.55. The van der Waals surface area contributed by atoms with Crippen LogP contribution >= 0.6 is 7.82 Å². The highest BCUT2D eigenvalue weighted by atomic mass is 31.2. The smallest absolute Gasteiger partial charge is 0.462 e. The minimum absolute atomic E-state index is 0.0414. The first-order chi connectivity index (χ1) is 41.2. The molecule has 0 aromatic heterocycles. The second-order valence-corrected chi connectivity index (χ2v) is 24.4. The molecule has 0 aromatic rings. The standard InChI is InChI=1S/C72H127O11P/c1-4-7-10-13-16-19-22-25-28-31-34-37-40-43-46-49-52-55-58-61-70(74)79-65-69(83-72(76)63-60-57-54-51-48-45-42-39-36-33-30-27-24-21-18-15-12-9-6-3)67-81-84(77,78)80-66-68(64-73)82-71(75)62-59-56-53-50-47-44-41-38-35-32-29-26-23-20-17-14-11-8-5-2/h9,12,18,21,25,27-28,30,36,39,45,48,54,57,68-69,73H,4-8,10-11,13-17,19-20,22-24,26,29,31-35,37-38,40-44,46-47,49-53,55-56,58-67H2,1-3H3,(H,77,78)/b12-9-,21-18-,28-25-,30-27-,39-36-,48-45-,57-54-. The van der Waals surface area contributed by atoms with E-state index in [4.69, 9.17) is 23.3 Å². The number of hydrogen-bond acceptors (Lipinski definition) is 10. The van der Waals surface area contributed by atoms with E-state index in [0.29, 0.717) is 25.7 Å². The van der Waals surface area contributed by atoms with Crippen LogP contribution in [0.2, 0.25) is 0 Å². The van der Waals surface area contributed by atoms with Crippen LogP contribution in [-0.2, 0) is 42.2 Å². The van der Waals surface area contributed by atoms with Gasteiger partial charge in [0.25, 0.3) is 0 Å². The highest BCUT2D eigenvalue weighted by Crippen LogP contribution is 2.43. The summed E-state index contributed by atoms with van der Waals surface area (Å²) in [5, 5.41) is 9.88. The van der Waals surface area contributed by atoms with E-state index in [1.807, 2.05) is 12.2 Å². The minimum atomic E-state index is -4.78. The van der Waals surface area contributed by atoms with Gasteiger partial charge in [0.15, 0.2) is 6.10 Å². The first-order valence-electron chi connectivity index (χ1n) is 34.5. The van der Waals surface area contributed by atoms with Crippen molar-refractivity contribution < 1.29 is 52.2 Å². The fourth-order valence-corrected chi connectivity index (χ4v) is 10.4. The van der Waals surface area contributed by atoms with Crippen molar-refractivity contribution in [3.8, 4) is 0 Å². The van der Waals surface area contributed by atoms with Crippen LogP contribution in [0, 0.1) is 0 Å². The number of hydrogen-bond donors (Lipinski definition) is 2. The van der Waals surface area contributed by atoms with E-state index in [1.54, 1.807) is 0 Å². The van der Waals surface area contributed by atoms with Gasteiger partial charge in [0.1, 0.15) is 12.7 Å². The predicted octanol–water partition coefficient (Wildman–Crippen LogP) is 21.4. The van der Waals surface area contributed by atoms with E-state index in [9.17, 15) is 28.9 Å². The van der Waals surface area contributed by atoms with Crippen molar-refractivity contribution in [3.63, 3.8) is 0 Å². The van der Waals surface area contributed by atoms with Gasteiger partial charge in [-0.05, 0) is 83.5 Å². The molecule has 0 aromatic carbocycles. The summed E-state index contributed by atoms with van der Waals surface area (Å²) >= 11 is 0. The van der Waals surface area contributed by atoms with Crippen LogP contribution in [0.4, 0.5) is 0 Å². The summed E-state index contributed by atoms with van der Waals surface area (Å²) in [6, 6.07) is 0. The zero-order valence-electron chi connectivity index (χ0n) is 54.1. The molecule has 0 amide bonds. The molecule has 0 saturated heterocycles. The van der Waals surface area contributed by atoms with Gasteiger partial charge in [0.05, 0.1) is 19.8 Å². The Bertz CT molecular complexity index is 1730. The zero-order chi connectivity index (χ0) is 61.2. The molecular weight excluding hydrogens is 1070 g/mol. The van der Waals surface area contributed by atoms with Gasteiger partial charge >= 0.3 is 25.7 Å². The van der Waals surface area contributed by atoms with Crippen LogP contribution in [0.5, 0.6) is 0 Å². The Morgan fingerprint density at radius 3 is 1.02 bits per heavy atom. The van der Waals surface area contributed by atoms with Crippen molar-refractivity contribution in [3.05, 3.63) is 85.1 Å². The second-order valence-electron chi connectivity index (χ2n) is 23.0. The molecule has 3 atom stereocenters. The van der Waals surface area contributed by atoms with Gasteiger partial charge in [-0.25, -0.2) is 4.57 Å². The average molecular weight is 1200 g/mol. The number of esters is 3. The van der Waals surface area contributed by atoms with Crippen molar-refractivity contribution in [1.29, 1.82) is 0 Å². The number of phosphoric acid groups is 1. The Morgan fingerprint density at radius 1 is 0.345 bits per heavy atom. The lowest BCUT2D eigenvalue weighted by Gasteiger charge is -2.21. The lowest BCUT2D eigenvalue weighted by Crippen LogP contribution is -2.30. The van der Waals surface area contributed by atoms with Gasteiger partial charge in [-0.2, -0.15) is 0 Å². The van der Waals surface area contributed by atoms with E-state index in [2.05, 4.69) is 93.7 Å². The molecule has 12 heteroatoms. The first kappa shape index (κ1) is 80.7. The largest absolute Gasteiger partial charge is 0.472 e. The van der Waals surface area contributed by atoms with E-state index in [1.165, 1.54) is 180 Å². The van der Waals surface area contributed by atoms with Gasteiger partial charge in [-0.15, -0.1) is 0 Å². The molecule has 3 unspecified atom stereocenters. The van der Waals surface area contributed by atoms with Crippen LogP contribution in [0.25, 0.3) is 0 Å². The van der Waals surface area contributed by atoms with Crippen molar-refractivity contribution >= 4 is 25.7 Å². The fraction of sp³-hybridized carbons (Fsp3) is 0.764. The molecule has 0 aliphatic rings. The summed E-state index contributed by atoms with van der Waals surface area (Å²) in [6.07, 6.45) is 78.4. The SMILES string of the molecule is CC/C=C\C/C=C\C/C=C\C/C=C\C/C=C\C/C=C\CCC(=O)OC(COC(=O)CCCCCCCCCCC/C=C\CCCCCCCC)COP(=O)(O)OCC(CO)OC(=O)CCCCCCCCCCCCCCCCCCCCC. The van der Waals surface area contributed by atoms with E-state index in [-0.39, 0.29) is 25.9 Å². The molecule has 11 nitrogen and oxygen atoms in total. The number of aliphatic hydroxyl groups excluding tert-OH is 1. The molecule has 0 spiro atoms. The number of aliphatic hydroxyl groups is 1. The van der Waals surface area contributed by atoms with Crippen molar-refractivity contribution in [1.82, 2.24) is 0 Å². The topological polar surface area (TPSA) is 155 Å². The van der Waals surface area contributed by atoms with Crippen LogP contribution in [0.15, 0.2) is 85.1 Å². The molecule has 0 saturated carbocycles. The van der Waals surface area contributed by atoms with E-state index < -0.39 is 57.8 Å². The lowest BCUT2D eigenvalue weighted by atomic mass is 10.0. The molecule has 2 N–H and O–H groups in total. The monoisotopic (exact) mass is 1200 g/mol. The molecule has 0 aliphatic heterocycles. The third-order valence-electron chi connectivity index (χ3n) is 14.8. The minimum Gasteiger partial charge on any atom is -0.462 e. The van der Waals surface area contributed by atoms with Crippen LogP contribution in [0.1, 0.15) is 316 Å². The Morgan fingerprint density at radius 2 is 0.643 bits per heavy atom. The normalized spacial score (nSPS) is 13.7. The summed E-state index contributed by atoms with van der Waals surface area (Å²) in [6.45, 7) is 4.51. The molecular formula is C72H127O11P. The molecule has 0 fully saturated rings. The van der Waals surface area contributed by atoms with Gasteiger partial charge < -0.3 is 24.2 Å². The number of carbonyl (C=O) groups excluding carboxylic acids is 3. The van der Waals surface area contributed by atoms with Gasteiger partial charge in [-0.1, -0.05) is 298 Å². The number of rotatable bonds is 64. The molecule has 0 bridgehead atoms. The molecule has 0 radical (unpaired) electrons. The number of unbranched alkanes of at least 4 members (excludes halogenated alkanes) is 33. The average Bonchev–Trinajstić information content (AvgIpc) is 3.53. The lowest BCUT2D eigenvalue weighted by molar-refractivity contribution is -0.161. The predicted molar refractivity (Wildman–Crippen MR) is 353 cm³/mol. The maximum Gasteiger partial charge on any atom is 0.472 e. The maximum absolute atomic E-state index is 13.0. The van der Waals surface area contributed by atoms with Crippen molar-refractivity contribution in [2.45, 2.75) is 328 Å². The number of carbonyl (C=O) groups is 3. The van der Waals surface area contributed by atoms with Gasteiger partial charge in [-0.3, -0.25) is 23.4 Å². The Labute approximate surface area is 515 Å². The number of phosphoric ester groups is 1. The first-order valence-corrected chi connectivity index (χ1v) is 36.0. The molecule has 84 heavy (non-hydrogen) atoms. The molecule has 0 heterocycles. The molecule has 0 aliphatic carbocycles. The fourth-order valence-electron chi connectivity index (χ4n) is 9.62. The third-order valence-corrected chi connectivity index (χ3v) is 15.8. The van der Waals surface area contributed by atoms with Crippen LogP contribution in [-0.4, -0.2) is 66.5 Å². The number of allylic oxidation sites excluding steroid dienone is 14. The Kier molecular flexibility index (Phi) is 63.0. The highest BCUT2D eigenvalue weighted by molar-refractivity contribution is 7.47. The summed E-state index contributed by atoms with van der Waals surface area (Å²) in [7, 11) is -4.78. The Balaban J connectivity index is 4.74. The van der Waals surface area contributed by atoms with E-state index >= 15 is 0 Å². The maximum atomic E-state index is 13.0. The van der Waals surface area contributed by atoms with Gasteiger partial charge in [0.2, 0.25) is 0 Å². The third kappa shape index (κ3) is 63.2.